The molecule has 0 bridgehead atoms. The molecule has 1 N–H and O–H groups in total. The molecular formula is C35H33Cl2N5O4S2. The van der Waals surface area contributed by atoms with Gasteiger partial charge >= 0.3 is 5.91 Å². The number of carbonyl (C=O) groups excluding carboxylic acids is 2. The average molecular weight is 723 g/mol. The Morgan fingerprint density at radius 2 is 1.83 bits per heavy atom. The first-order valence-corrected chi connectivity index (χ1v) is 18.1. The number of halogens is 2. The van der Waals surface area contributed by atoms with Gasteiger partial charge in [0.1, 0.15) is 17.1 Å². The molecule has 13 heteroatoms. The maximum atomic E-state index is 13.8. The number of aliphatic hydroxyl groups excluding tert-OH is 1. The van der Waals surface area contributed by atoms with Gasteiger partial charge in [0.25, 0.3) is 5.78 Å². The molecule has 0 radical (unpaired) electrons. The van der Waals surface area contributed by atoms with Crippen LogP contribution in [0.25, 0.3) is 11.4 Å². The van der Waals surface area contributed by atoms with Gasteiger partial charge in [-0.05, 0) is 67.3 Å². The van der Waals surface area contributed by atoms with E-state index in [1.807, 2.05) is 54.8 Å². The zero-order chi connectivity index (χ0) is 33.9. The van der Waals surface area contributed by atoms with Gasteiger partial charge in [-0.15, -0.1) is 10.2 Å². The zero-order valence-electron chi connectivity index (χ0n) is 26.6. The summed E-state index contributed by atoms with van der Waals surface area (Å²) in [7, 11) is 0. The molecule has 2 aromatic carbocycles. The minimum atomic E-state index is -0.981. The molecule has 48 heavy (non-hydrogen) atoms. The molecule has 1 aliphatic heterocycles. The highest BCUT2D eigenvalue weighted by molar-refractivity contribution is 8.00. The van der Waals surface area contributed by atoms with Gasteiger partial charge in [0.15, 0.2) is 10.1 Å². The maximum Gasteiger partial charge on any atom is 0.301 e. The molecule has 4 heterocycles. The summed E-state index contributed by atoms with van der Waals surface area (Å²) < 4.78 is 8.38. The Labute approximate surface area is 296 Å². The second kappa shape index (κ2) is 14.7. The standard InChI is InChI=1S/C35H33Cl2N5O4S2/c1-4-5-6-7-17-46-25-14-11-22(12-15-25)29-27(30(43)28-21(3)41-16-8-9-20(2)32(41)38-28)31(44)33(45)42(29)34-39-40-35(48-34)47-19-23-10-13-24(36)18-26(23)37/h8-16,18,29,43H,4-7,17,19H2,1-3H3/b30-27+. The predicted octanol–water partition coefficient (Wildman–Crippen LogP) is 8.99. The van der Waals surface area contributed by atoms with E-state index in [4.69, 9.17) is 27.9 Å². The number of thioether (sulfide) groups is 1. The van der Waals surface area contributed by atoms with Crippen LogP contribution in [-0.2, 0) is 15.3 Å². The minimum absolute atomic E-state index is 0.0743. The Morgan fingerprint density at radius 3 is 2.56 bits per heavy atom. The first-order valence-electron chi connectivity index (χ1n) is 15.6. The lowest BCUT2D eigenvalue weighted by molar-refractivity contribution is -0.132. The van der Waals surface area contributed by atoms with Crippen molar-refractivity contribution >= 4 is 74.5 Å². The Morgan fingerprint density at radius 1 is 1.04 bits per heavy atom. The van der Waals surface area contributed by atoms with Crippen molar-refractivity contribution in [2.45, 2.75) is 62.6 Å². The third kappa shape index (κ3) is 6.82. The molecule has 1 unspecified atom stereocenters. The molecule has 248 valence electrons. The van der Waals surface area contributed by atoms with E-state index < -0.39 is 17.7 Å². The summed E-state index contributed by atoms with van der Waals surface area (Å²) in [6.07, 6.45) is 6.20. The molecule has 1 saturated heterocycles. The number of hydrogen-bond acceptors (Lipinski definition) is 9. The quantitative estimate of drug-likeness (QED) is 0.0340. The van der Waals surface area contributed by atoms with Gasteiger partial charge in [0.2, 0.25) is 5.13 Å². The first-order chi connectivity index (χ1) is 23.2. The Kier molecular flexibility index (Phi) is 10.4. The van der Waals surface area contributed by atoms with Crippen LogP contribution >= 0.6 is 46.3 Å². The second-order valence-electron chi connectivity index (χ2n) is 11.5. The molecule has 9 nitrogen and oxygen atoms in total. The van der Waals surface area contributed by atoms with Gasteiger partial charge < -0.3 is 14.2 Å². The second-order valence-corrected chi connectivity index (χ2v) is 14.5. The van der Waals surface area contributed by atoms with Gasteiger partial charge in [-0.2, -0.15) is 0 Å². The number of unbranched alkanes of at least 4 members (excludes halogenated alkanes) is 3. The molecule has 0 saturated carbocycles. The lowest BCUT2D eigenvalue weighted by atomic mass is 9.96. The van der Waals surface area contributed by atoms with Crippen LogP contribution in [0, 0.1) is 13.8 Å². The number of ketones is 1. The number of pyridine rings is 1. The fraction of sp³-hybridized carbons (Fsp3) is 0.286. The fourth-order valence-corrected chi connectivity index (χ4v) is 8.05. The van der Waals surface area contributed by atoms with Crippen LogP contribution in [0.5, 0.6) is 5.75 Å². The lowest BCUT2D eigenvalue weighted by Gasteiger charge is -2.22. The van der Waals surface area contributed by atoms with Gasteiger partial charge in [-0.3, -0.25) is 14.5 Å². The molecule has 1 atom stereocenters. The van der Waals surface area contributed by atoms with E-state index in [0.29, 0.717) is 49.4 Å². The van der Waals surface area contributed by atoms with E-state index in [0.717, 1.165) is 36.8 Å². The normalized spacial score (nSPS) is 15.9. The molecular weight excluding hydrogens is 689 g/mol. The van der Waals surface area contributed by atoms with E-state index in [1.165, 1.54) is 28.0 Å². The van der Waals surface area contributed by atoms with E-state index in [2.05, 4.69) is 22.1 Å². The Balaban J connectivity index is 1.37. The number of rotatable bonds is 12. The summed E-state index contributed by atoms with van der Waals surface area (Å²) in [5.41, 5.74) is 3.81. The number of ether oxygens (including phenoxy) is 1. The van der Waals surface area contributed by atoms with Crippen LogP contribution in [0.3, 0.4) is 0 Å². The number of anilines is 1. The topological polar surface area (TPSA) is 110 Å². The first kappa shape index (κ1) is 34.0. The molecule has 0 aliphatic carbocycles. The zero-order valence-corrected chi connectivity index (χ0v) is 29.7. The van der Waals surface area contributed by atoms with Crippen molar-refractivity contribution < 1.29 is 19.4 Å². The van der Waals surface area contributed by atoms with Crippen LogP contribution in [0.1, 0.15) is 66.7 Å². The van der Waals surface area contributed by atoms with Crippen molar-refractivity contribution in [2.24, 2.45) is 0 Å². The maximum absolute atomic E-state index is 13.8. The van der Waals surface area contributed by atoms with Crippen molar-refractivity contribution in [3.63, 3.8) is 0 Å². The number of Topliss-reactive ketones (excluding diaryl/α,β-unsaturated/α-hetero) is 1. The third-order valence-corrected chi connectivity index (χ3v) is 10.9. The summed E-state index contributed by atoms with van der Waals surface area (Å²) in [5.74, 6) is -0.828. The monoisotopic (exact) mass is 721 g/mol. The van der Waals surface area contributed by atoms with E-state index in [1.54, 1.807) is 24.3 Å². The summed E-state index contributed by atoms with van der Waals surface area (Å²) in [5, 5.41) is 21.7. The number of imidazole rings is 1. The molecule has 1 amide bonds. The van der Waals surface area contributed by atoms with E-state index in [9.17, 15) is 14.7 Å². The number of fused-ring (bicyclic) bond motifs is 1. The Bertz CT molecular complexity index is 2030. The van der Waals surface area contributed by atoms with Gasteiger partial charge in [-0.1, -0.05) is 96.8 Å². The smallest absolute Gasteiger partial charge is 0.301 e. The van der Waals surface area contributed by atoms with Crippen molar-refractivity contribution in [1.29, 1.82) is 0 Å². The molecule has 5 aromatic rings. The SMILES string of the molecule is CCCCCCOc1ccc(C2/C(=C(\O)c3nc4c(C)cccn4c3C)C(=O)C(=O)N2c2nnc(SCc3ccc(Cl)cc3Cl)s2)cc1. The van der Waals surface area contributed by atoms with Crippen LogP contribution in [0.2, 0.25) is 10.0 Å². The highest BCUT2D eigenvalue weighted by Crippen LogP contribution is 2.45. The van der Waals surface area contributed by atoms with Gasteiger partial charge in [0.05, 0.1) is 23.9 Å². The summed E-state index contributed by atoms with van der Waals surface area (Å²) in [6.45, 7) is 6.49. The van der Waals surface area contributed by atoms with Crippen LogP contribution in [0.15, 0.2) is 70.7 Å². The number of carbonyl (C=O) groups is 2. The Hall–Kier alpha value is -3.90. The molecule has 0 spiro atoms. The van der Waals surface area contributed by atoms with Crippen molar-refractivity contribution in [3.05, 3.63) is 104 Å². The van der Waals surface area contributed by atoms with Crippen LogP contribution in [0.4, 0.5) is 5.13 Å². The third-order valence-electron chi connectivity index (χ3n) is 8.18. The van der Waals surface area contributed by atoms with Crippen LogP contribution < -0.4 is 9.64 Å². The predicted molar refractivity (Wildman–Crippen MR) is 191 cm³/mol. The number of hydrogen-bond donors (Lipinski definition) is 1. The highest BCUT2D eigenvalue weighted by Gasteiger charge is 2.49. The number of nitrogens with zero attached hydrogens (tertiary/aromatic N) is 5. The number of aromatic nitrogens is 4. The summed E-state index contributed by atoms with van der Waals surface area (Å²) >= 11 is 15.0. The van der Waals surface area contributed by atoms with Gasteiger partial charge in [0, 0.05) is 22.0 Å². The lowest BCUT2D eigenvalue weighted by Crippen LogP contribution is -2.29. The fourth-order valence-electron chi connectivity index (χ4n) is 5.62. The van der Waals surface area contributed by atoms with Crippen molar-refractivity contribution in [2.75, 3.05) is 11.5 Å². The van der Waals surface area contributed by atoms with Crippen molar-refractivity contribution in [1.82, 2.24) is 19.6 Å². The molecule has 1 fully saturated rings. The highest BCUT2D eigenvalue weighted by atomic mass is 35.5. The number of aryl methyl sites for hydroxylation is 2. The number of aliphatic hydroxyl groups is 1. The average Bonchev–Trinajstić information content (AvgIpc) is 3.75. The van der Waals surface area contributed by atoms with Crippen LogP contribution in [-0.4, -0.2) is 43.0 Å². The number of benzene rings is 2. The molecule has 6 rings (SSSR count). The van der Waals surface area contributed by atoms with Gasteiger partial charge in [-0.25, -0.2) is 4.98 Å². The van der Waals surface area contributed by atoms with E-state index >= 15 is 0 Å². The molecule has 3 aromatic heterocycles. The number of amides is 1. The van der Waals surface area contributed by atoms with Crippen molar-refractivity contribution in [3.8, 4) is 5.75 Å². The summed E-state index contributed by atoms with van der Waals surface area (Å²) in [4.78, 5) is 33.6. The largest absolute Gasteiger partial charge is 0.505 e. The summed E-state index contributed by atoms with van der Waals surface area (Å²) in [6, 6.07) is 15.4. The molecule has 1 aliphatic rings. The minimum Gasteiger partial charge on any atom is -0.505 e. The van der Waals surface area contributed by atoms with E-state index in [-0.39, 0.29) is 22.2 Å².